The van der Waals surface area contributed by atoms with Crippen LogP contribution in [0, 0.1) is 0 Å². The first-order valence-electron chi connectivity index (χ1n) is 12.9. The molecule has 0 aromatic rings. The summed E-state index contributed by atoms with van der Waals surface area (Å²) in [6.07, 6.45) is 29.4. The average Bonchev–Trinajstić information content (AvgIpc) is 3.09. The van der Waals surface area contributed by atoms with Crippen LogP contribution in [-0.4, -0.2) is 28.6 Å². The van der Waals surface area contributed by atoms with Crippen molar-refractivity contribution in [2.24, 2.45) is 0 Å². The Morgan fingerprint density at radius 2 is 1.07 bits per heavy atom. The van der Waals surface area contributed by atoms with Gasteiger partial charge >= 0.3 is 0 Å². The van der Waals surface area contributed by atoms with Gasteiger partial charge in [0.25, 0.3) is 0 Å². The number of rotatable bonds is 19. The van der Waals surface area contributed by atoms with Gasteiger partial charge in [-0.3, -0.25) is 0 Å². The highest BCUT2D eigenvalue weighted by atomic mass is 15.4. The molecule has 1 heterocycles. The van der Waals surface area contributed by atoms with Crippen LogP contribution in [0.1, 0.15) is 137 Å². The Bertz CT molecular complexity index is 363. The Labute approximate surface area is 178 Å². The third-order valence-electron chi connectivity index (χ3n) is 6.34. The van der Waals surface area contributed by atoms with Crippen LogP contribution in [0.5, 0.6) is 0 Å². The van der Waals surface area contributed by atoms with Crippen LogP contribution in [0.25, 0.3) is 0 Å². The van der Waals surface area contributed by atoms with E-state index in [-0.39, 0.29) is 0 Å². The van der Waals surface area contributed by atoms with Crippen molar-refractivity contribution in [3.05, 3.63) is 12.4 Å². The van der Waals surface area contributed by atoms with Gasteiger partial charge in [0.05, 0.1) is 0 Å². The maximum absolute atomic E-state index is 2.62. The minimum absolute atomic E-state index is 0.611. The Balaban J connectivity index is 2.01. The van der Waals surface area contributed by atoms with E-state index in [0.29, 0.717) is 12.2 Å². The zero-order valence-corrected chi connectivity index (χ0v) is 19.9. The molecule has 0 aromatic carbocycles. The Kier molecular flexibility index (Phi) is 15.6. The van der Waals surface area contributed by atoms with Crippen LogP contribution < -0.4 is 0 Å². The van der Waals surface area contributed by atoms with Gasteiger partial charge in [-0.1, -0.05) is 104 Å². The minimum Gasteiger partial charge on any atom is -0.356 e. The van der Waals surface area contributed by atoms with E-state index in [1.807, 2.05) is 0 Å². The topological polar surface area (TPSA) is 6.48 Å². The summed E-state index contributed by atoms with van der Waals surface area (Å²) >= 11 is 0. The molecule has 0 radical (unpaired) electrons. The van der Waals surface area contributed by atoms with Gasteiger partial charge in [-0.2, -0.15) is 0 Å². The lowest BCUT2D eigenvalue weighted by Gasteiger charge is -2.35. The predicted octanol–water partition coefficient (Wildman–Crippen LogP) is 8.48. The molecule has 0 bridgehead atoms. The molecule has 1 aliphatic rings. The van der Waals surface area contributed by atoms with E-state index in [1.54, 1.807) is 0 Å². The summed E-state index contributed by atoms with van der Waals surface area (Å²) < 4.78 is 0. The van der Waals surface area contributed by atoms with Crippen LogP contribution in [0.4, 0.5) is 0 Å². The largest absolute Gasteiger partial charge is 0.356 e. The molecule has 0 aliphatic carbocycles. The quantitative estimate of drug-likeness (QED) is 0.203. The summed E-state index contributed by atoms with van der Waals surface area (Å²) in [4.78, 5) is 5.19. The van der Waals surface area contributed by atoms with Crippen molar-refractivity contribution in [2.75, 3.05) is 6.54 Å². The van der Waals surface area contributed by atoms with Crippen molar-refractivity contribution in [1.29, 1.82) is 0 Å². The van der Waals surface area contributed by atoms with Gasteiger partial charge in [0.2, 0.25) is 0 Å². The first-order valence-corrected chi connectivity index (χ1v) is 12.9. The second-order valence-corrected chi connectivity index (χ2v) is 9.30. The normalized spacial score (nSPS) is 16.7. The molecule has 0 amide bonds. The predicted molar refractivity (Wildman–Crippen MR) is 126 cm³/mol. The van der Waals surface area contributed by atoms with E-state index in [1.165, 1.54) is 116 Å². The third kappa shape index (κ3) is 11.4. The van der Waals surface area contributed by atoms with Crippen molar-refractivity contribution in [3.8, 4) is 0 Å². The molecule has 0 fully saturated rings. The number of hydrogen-bond donors (Lipinski definition) is 0. The number of hydrogen-bond acceptors (Lipinski definition) is 2. The van der Waals surface area contributed by atoms with Crippen molar-refractivity contribution in [1.82, 2.24) is 9.80 Å². The highest BCUT2D eigenvalue weighted by Gasteiger charge is 2.26. The Morgan fingerprint density at radius 3 is 1.57 bits per heavy atom. The van der Waals surface area contributed by atoms with Crippen LogP contribution in [0.2, 0.25) is 0 Å². The molecule has 0 aromatic heterocycles. The molecule has 0 saturated heterocycles. The summed E-state index contributed by atoms with van der Waals surface area (Å²) in [7, 11) is 0. The lowest BCUT2D eigenvalue weighted by molar-refractivity contribution is 0.114. The molecule has 0 N–H and O–H groups in total. The maximum atomic E-state index is 2.62. The highest BCUT2D eigenvalue weighted by molar-refractivity contribution is 4.98. The van der Waals surface area contributed by atoms with Crippen LogP contribution >= 0.6 is 0 Å². The average molecular weight is 393 g/mol. The first-order chi connectivity index (χ1) is 13.7. The lowest BCUT2D eigenvalue weighted by atomic mass is 10.0. The fraction of sp³-hybridized carbons (Fsp3) is 0.923. The molecular formula is C26H52N2. The number of nitrogens with zero attached hydrogens (tertiary/aromatic N) is 2. The van der Waals surface area contributed by atoms with E-state index in [2.05, 4.69) is 49.9 Å². The molecule has 0 spiro atoms. The maximum Gasteiger partial charge on any atom is 0.101 e. The van der Waals surface area contributed by atoms with Crippen LogP contribution in [0.3, 0.4) is 0 Å². The van der Waals surface area contributed by atoms with Crippen molar-refractivity contribution < 1.29 is 0 Å². The smallest absolute Gasteiger partial charge is 0.101 e. The molecule has 1 atom stereocenters. The number of unbranched alkanes of at least 4 members (excludes halogenated alkanes) is 14. The molecule has 1 aliphatic heterocycles. The van der Waals surface area contributed by atoms with E-state index >= 15 is 0 Å². The van der Waals surface area contributed by atoms with Crippen LogP contribution in [0.15, 0.2) is 12.4 Å². The summed E-state index contributed by atoms with van der Waals surface area (Å²) in [5.41, 5.74) is 0. The molecule has 2 heteroatoms. The van der Waals surface area contributed by atoms with Crippen LogP contribution in [-0.2, 0) is 0 Å². The van der Waals surface area contributed by atoms with Gasteiger partial charge in [0.1, 0.15) is 6.17 Å². The van der Waals surface area contributed by atoms with E-state index in [9.17, 15) is 0 Å². The van der Waals surface area contributed by atoms with E-state index in [0.717, 1.165) is 0 Å². The van der Waals surface area contributed by atoms with Gasteiger partial charge in [0.15, 0.2) is 0 Å². The second-order valence-electron chi connectivity index (χ2n) is 9.30. The minimum atomic E-state index is 0.611. The standard InChI is InChI=1S/C26H52N2/c1-5-7-9-10-11-12-13-14-15-16-17-18-20-22-27-23-24-28(25(3)4)26(27)21-19-8-6-2/h23-26H,5-22H2,1-4H3. The fourth-order valence-corrected chi connectivity index (χ4v) is 4.48. The molecule has 2 nitrogen and oxygen atoms in total. The van der Waals surface area contributed by atoms with E-state index < -0.39 is 0 Å². The van der Waals surface area contributed by atoms with Gasteiger partial charge in [0, 0.05) is 25.0 Å². The van der Waals surface area contributed by atoms with Gasteiger partial charge in [-0.05, 0) is 33.1 Å². The van der Waals surface area contributed by atoms with Crippen molar-refractivity contribution in [3.63, 3.8) is 0 Å². The summed E-state index contributed by atoms with van der Waals surface area (Å²) in [5, 5.41) is 0. The monoisotopic (exact) mass is 392 g/mol. The third-order valence-corrected chi connectivity index (χ3v) is 6.34. The van der Waals surface area contributed by atoms with Gasteiger partial charge in [-0.25, -0.2) is 0 Å². The summed E-state index contributed by atoms with van der Waals surface area (Å²) in [6.45, 7) is 10.5. The Morgan fingerprint density at radius 1 is 0.607 bits per heavy atom. The zero-order chi connectivity index (χ0) is 20.5. The SMILES string of the molecule is CCCCCCCCCCCCCCCN1C=CN(C(C)C)C1CCCCC. The molecular weight excluding hydrogens is 340 g/mol. The molecule has 1 rings (SSSR count). The molecule has 28 heavy (non-hydrogen) atoms. The van der Waals surface area contributed by atoms with E-state index in [4.69, 9.17) is 0 Å². The molecule has 0 saturated carbocycles. The lowest BCUT2D eigenvalue weighted by Crippen LogP contribution is -2.42. The highest BCUT2D eigenvalue weighted by Crippen LogP contribution is 2.24. The second kappa shape index (κ2) is 17.2. The summed E-state index contributed by atoms with van der Waals surface area (Å²) in [5.74, 6) is 0. The fourth-order valence-electron chi connectivity index (χ4n) is 4.48. The van der Waals surface area contributed by atoms with Crippen molar-refractivity contribution in [2.45, 2.75) is 149 Å². The molecule has 1 unspecified atom stereocenters. The summed E-state index contributed by atoms with van der Waals surface area (Å²) in [6, 6.07) is 0.611. The van der Waals surface area contributed by atoms with Crippen molar-refractivity contribution >= 4 is 0 Å². The molecule has 166 valence electrons. The van der Waals surface area contributed by atoms with Gasteiger partial charge in [-0.15, -0.1) is 0 Å². The Hall–Kier alpha value is -0.660. The first kappa shape index (κ1) is 25.4. The van der Waals surface area contributed by atoms with Gasteiger partial charge < -0.3 is 9.80 Å². The zero-order valence-electron chi connectivity index (χ0n) is 19.9.